The smallest absolute Gasteiger partial charge is 0.343 e. The first-order valence-corrected chi connectivity index (χ1v) is 15.5. The molecule has 2 N–H and O–H groups in total. The lowest BCUT2D eigenvalue weighted by Crippen LogP contribution is -2.21. The van der Waals surface area contributed by atoms with Crippen LogP contribution in [0.3, 0.4) is 0 Å². The second-order valence-electron chi connectivity index (χ2n) is 9.17. The minimum Gasteiger partial charge on any atom is -0.506 e. The summed E-state index contributed by atoms with van der Waals surface area (Å²) in [5.41, 5.74) is 0.574. The van der Waals surface area contributed by atoms with Gasteiger partial charge in [-0.25, -0.2) is 13.2 Å². The summed E-state index contributed by atoms with van der Waals surface area (Å²) in [5, 5.41) is 11.2. The quantitative estimate of drug-likeness (QED) is 0.310. The highest BCUT2D eigenvalue weighted by Crippen LogP contribution is 2.49. The van der Waals surface area contributed by atoms with E-state index in [9.17, 15) is 23.1 Å². The fourth-order valence-electron chi connectivity index (χ4n) is 4.76. The summed E-state index contributed by atoms with van der Waals surface area (Å²) in [4.78, 5) is 26.0. The first kappa shape index (κ1) is 25.7. The Hall–Kier alpha value is -1.95. The molecule has 0 saturated heterocycles. The molecule has 2 aromatic heterocycles. The second kappa shape index (κ2) is 10.1. The second-order valence-corrected chi connectivity index (χ2v) is 14.3. The number of hydrogen-bond acceptors (Lipinski definition) is 7. The zero-order valence-electron chi connectivity index (χ0n) is 19.1. The van der Waals surface area contributed by atoms with E-state index in [2.05, 4.69) is 36.6 Å². The van der Waals surface area contributed by atoms with E-state index in [1.807, 2.05) is 0 Å². The molecule has 36 heavy (non-hydrogen) atoms. The van der Waals surface area contributed by atoms with Gasteiger partial charge in [-0.3, -0.25) is 9.52 Å². The van der Waals surface area contributed by atoms with Gasteiger partial charge in [-0.2, -0.15) is 0 Å². The summed E-state index contributed by atoms with van der Waals surface area (Å²) in [7, 11) is -3.84. The number of carbonyl (C=O) groups excluding carboxylic acids is 1. The number of aryl methyl sites for hydroxylation is 1. The van der Waals surface area contributed by atoms with E-state index in [1.54, 1.807) is 24.3 Å². The van der Waals surface area contributed by atoms with Gasteiger partial charge in [0.05, 0.1) is 14.9 Å². The van der Waals surface area contributed by atoms with Crippen molar-refractivity contribution in [2.24, 2.45) is 5.92 Å². The number of halogens is 2. The normalized spacial score (nSPS) is 17.2. The molecule has 1 saturated carbocycles. The van der Waals surface area contributed by atoms with Gasteiger partial charge in [-0.05, 0) is 87.2 Å². The predicted molar refractivity (Wildman–Crippen MR) is 145 cm³/mol. The number of aromatic hydroxyl groups is 1. The molecule has 0 amide bonds. The van der Waals surface area contributed by atoms with Crippen LogP contribution in [-0.2, 0) is 16.4 Å². The number of fused-ring (bicyclic) bond motifs is 1. The molecule has 3 aromatic rings. The molecule has 2 heterocycles. The third kappa shape index (κ3) is 5.07. The average molecular weight is 657 g/mol. The maximum absolute atomic E-state index is 13.1. The molecule has 2 aliphatic rings. The van der Waals surface area contributed by atoms with Crippen LogP contribution in [0.2, 0.25) is 0 Å². The van der Waals surface area contributed by atoms with Gasteiger partial charge in [0, 0.05) is 28.9 Å². The van der Waals surface area contributed by atoms with Gasteiger partial charge in [0.25, 0.3) is 10.0 Å². The van der Waals surface area contributed by atoms with Crippen LogP contribution in [0.15, 0.2) is 52.0 Å². The Morgan fingerprint density at radius 3 is 2.53 bits per heavy atom. The molecule has 0 spiro atoms. The van der Waals surface area contributed by atoms with Gasteiger partial charge < -0.3 is 9.52 Å². The lowest BCUT2D eigenvalue weighted by molar-refractivity contribution is 0.0968. The molecule has 0 bridgehead atoms. The molecular weight excluding hydrogens is 634 g/mol. The topological polar surface area (TPSA) is 114 Å². The van der Waals surface area contributed by atoms with Crippen molar-refractivity contribution in [2.75, 3.05) is 4.72 Å². The highest BCUT2D eigenvalue weighted by atomic mass is 79.9. The van der Waals surface area contributed by atoms with Crippen LogP contribution < -0.4 is 10.3 Å². The van der Waals surface area contributed by atoms with Crippen molar-refractivity contribution >= 4 is 64.7 Å². The Bertz CT molecular complexity index is 1490. The fraction of sp³-hybridized carbons (Fsp3) is 0.360. The van der Waals surface area contributed by atoms with Gasteiger partial charge in [0.1, 0.15) is 15.7 Å². The molecule has 1 atom stereocenters. The van der Waals surface area contributed by atoms with E-state index in [1.165, 1.54) is 6.07 Å². The summed E-state index contributed by atoms with van der Waals surface area (Å²) >= 11 is 7.72. The fourth-order valence-corrected chi connectivity index (χ4v) is 8.62. The van der Waals surface area contributed by atoms with Crippen LogP contribution in [0.4, 0.5) is 5.69 Å². The number of rotatable bonds is 6. The summed E-state index contributed by atoms with van der Waals surface area (Å²) < 4.78 is 35.6. The highest BCUT2D eigenvalue weighted by molar-refractivity contribution is 9.13. The van der Waals surface area contributed by atoms with Crippen LogP contribution >= 0.6 is 43.2 Å². The number of nitrogens with one attached hydrogen (secondary N) is 1. The minimum atomic E-state index is -3.84. The molecule has 7 nitrogen and oxygen atoms in total. The lowest BCUT2D eigenvalue weighted by atomic mass is 9.85. The van der Waals surface area contributed by atoms with E-state index in [-0.39, 0.29) is 38.5 Å². The van der Waals surface area contributed by atoms with E-state index in [0.29, 0.717) is 32.4 Å². The van der Waals surface area contributed by atoms with Crippen molar-refractivity contribution in [1.82, 2.24) is 0 Å². The Balaban J connectivity index is 1.55. The zero-order chi connectivity index (χ0) is 25.6. The Kier molecular flexibility index (Phi) is 7.19. The van der Waals surface area contributed by atoms with Crippen LogP contribution in [0.1, 0.15) is 71.7 Å². The molecule has 1 aromatic carbocycles. The first-order valence-electron chi connectivity index (χ1n) is 11.7. The Labute approximate surface area is 229 Å². The number of benzene rings is 1. The third-order valence-electron chi connectivity index (χ3n) is 6.58. The van der Waals surface area contributed by atoms with E-state index >= 15 is 0 Å². The number of Topliss-reactive ketones (excluding diaryl/α,β-unsaturated/α-hetero) is 1. The van der Waals surface area contributed by atoms with E-state index < -0.39 is 21.6 Å². The van der Waals surface area contributed by atoms with Gasteiger partial charge in [-0.15, -0.1) is 11.3 Å². The SMILES string of the molecule is O=C1CCCCCc2oc(=O)c(C(c3cccc(NS(=O)(=O)c4cc(Br)c(Br)s4)c3)C3CC3)c(O)c21. The van der Waals surface area contributed by atoms with Gasteiger partial charge in [0.15, 0.2) is 5.78 Å². The number of anilines is 1. The summed E-state index contributed by atoms with van der Waals surface area (Å²) in [6.45, 7) is 0. The largest absolute Gasteiger partial charge is 0.506 e. The van der Waals surface area contributed by atoms with E-state index in [4.69, 9.17) is 4.42 Å². The number of sulfonamides is 1. The molecule has 11 heteroatoms. The maximum atomic E-state index is 13.1. The number of thiophene rings is 1. The monoisotopic (exact) mass is 655 g/mol. The summed E-state index contributed by atoms with van der Waals surface area (Å²) in [6, 6.07) is 8.34. The Morgan fingerprint density at radius 2 is 1.83 bits per heavy atom. The van der Waals surface area contributed by atoms with Gasteiger partial charge in [0.2, 0.25) is 0 Å². The van der Waals surface area contributed by atoms with Crippen molar-refractivity contribution in [3.8, 4) is 5.75 Å². The van der Waals surface area contributed by atoms with Crippen LogP contribution in [0.5, 0.6) is 5.75 Å². The molecule has 2 aliphatic carbocycles. The number of hydrogen-bond donors (Lipinski definition) is 2. The maximum Gasteiger partial charge on any atom is 0.343 e. The average Bonchev–Trinajstić information content (AvgIpc) is 3.58. The molecule has 5 rings (SSSR count). The standard InChI is InChI=1S/C25H23Br2NO6S2/c26-16-12-19(35-24(16)27)36(32,33)28-15-6-4-5-14(11-15)20(13-9-10-13)22-23(30)21-17(29)7-2-1-3-8-18(21)34-25(22)31/h4-6,11-13,20,28,30H,1-3,7-10H2. The zero-order valence-corrected chi connectivity index (χ0v) is 23.9. The highest BCUT2D eigenvalue weighted by Gasteiger charge is 2.39. The minimum absolute atomic E-state index is 0.0799. The summed E-state index contributed by atoms with van der Waals surface area (Å²) in [5.74, 6) is -0.674. The summed E-state index contributed by atoms with van der Waals surface area (Å²) in [6.07, 6.45) is 4.82. The molecule has 1 unspecified atom stereocenters. The molecule has 0 radical (unpaired) electrons. The van der Waals surface area contributed by atoms with Crippen molar-refractivity contribution in [3.63, 3.8) is 0 Å². The van der Waals surface area contributed by atoms with Crippen molar-refractivity contribution in [2.45, 2.75) is 55.1 Å². The Morgan fingerprint density at radius 1 is 1.08 bits per heavy atom. The first-order chi connectivity index (χ1) is 17.2. The van der Waals surface area contributed by atoms with Crippen LogP contribution in [-0.4, -0.2) is 19.3 Å². The van der Waals surface area contributed by atoms with Gasteiger partial charge in [-0.1, -0.05) is 18.6 Å². The van der Waals surface area contributed by atoms with Crippen molar-refractivity contribution in [1.29, 1.82) is 0 Å². The number of ketones is 1. The molecule has 1 fully saturated rings. The third-order valence-corrected chi connectivity index (χ3v) is 11.7. The van der Waals surface area contributed by atoms with Gasteiger partial charge >= 0.3 is 5.63 Å². The molecule has 190 valence electrons. The van der Waals surface area contributed by atoms with Crippen molar-refractivity contribution < 1.29 is 22.7 Å². The van der Waals surface area contributed by atoms with Crippen LogP contribution in [0.25, 0.3) is 0 Å². The molecular formula is C25H23Br2NO6S2. The lowest BCUT2D eigenvalue weighted by Gasteiger charge is -2.21. The predicted octanol–water partition coefficient (Wildman–Crippen LogP) is 6.57. The van der Waals surface area contributed by atoms with Crippen molar-refractivity contribution in [3.05, 3.63) is 71.5 Å². The number of carbonyl (C=O) groups is 1. The van der Waals surface area contributed by atoms with E-state index in [0.717, 1.165) is 43.4 Å². The van der Waals surface area contributed by atoms with Crippen LogP contribution in [0, 0.1) is 5.92 Å². The molecule has 0 aliphatic heterocycles.